The van der Waals surface area contributed by atoms with E-state index in [1.54, 1.807) is 7.11 Å². The van der Waals surface area contributed by atoms with Crippen molar-refractivity contribution in [2.75, 3.05) is 26.7 Å². The number of hydrogen-bond donors (Lipinski definition) is 1. The molecule has 1 aromatic rings. The molecule has 1 aromatic heterocycles. The first kappa shape index (κ1) is 15.3. The first-order valence-corrected chi connectivity index (χ1v) is 7.60. The van der Waals surface area contributed by atoms with Crippen LogP contribution in [0.1, 0.15) is 36.6 Å². The summed E-state index contributed by atoms with van der Waals surface area (Å²) < 4.78 is 5.49. The third-order valence-electron chi connectivity index (χ3n) is 4.12. The molecule has 0 bridgehead atoms. The molecule has 0 spiro atoms. The van der Waals surface area contributed by atoms with Gasteiger partial charge in [-0.3, -0.25) is 9.88 Å². The van der Waals surface area contributed by atoms with E-state index in [0.29, 0.717) is 6.04 Å². The third-order valence-corrected chi connectivity index (χ3v) is 4.12. The predicted molar refractivity (Wildman–Crippen MR) is 82.2 cm³/mol. The molecule has 0 radical (unpaired) electrons. The number of likely N-dealkylation sites (tertiary alicyclic amines) is 1. The lowest BCUT2D eigenvalue weighted by atomic mass is 10.0. The van der Waals surface area contributed by atoms with Gasteiger partial charge in [0.15, 0.2) is 0 Å². The van der Waals surface area contributed by atoms with Crippen LogP contribution in [-0.2, 0) is 6.54 Å². The van der Waals surface area contributed by atoms with Gasteiger partial charge in [-0.1, -0.05) is 6.92 Å². The lowest BCUT2D eigenvalue weighted by molar-refractivity contribution is 0.182. The molecule has 20 heavy (non-hydrogen) atoms. The summed E-state index contributed by atoms with van der Waals surface area (Å²) in [7, 11) is 1.74. The number of nitrogens with one attached hydrogen (secondary N) is 1. The Morgan fingerprint density at radius 2 is 2.25 bits per heavy atom. The maximum absolute atomic E-state index is 5.49. The highest BCUT2D eigenvalue weighted by molar-refractivity contribution is 5.41. The van der Waals surface area contributed by atoms with Crippen molar-refractivity contribution in [2.45, 2.75) is 46.2 Å². The molecular formula is C16H27N3O. The van der Waals surface area contributed by atoms with Gasteiger partial charge in [-0.15, -0.1) is 0 Å². The van der Waals surface area contributed by atoms with Crippen LogP contribution in [0.4, 0.5) is 0 Å². The number of ether oxygens (including phenoxy) is 1. The number of rotatable bonds is 5. The lowest BCUT2D eigenvalue weighted by Gasteiger charge is -2.33. The first-order valence-electron chi connectivity index (χ1n) is 7.60. The molecular weight excluding hydrogens is 250 g/mol. The van der Waals surface area contributed by atoms with Crippen molar-refractivity contribution in [3.8, 4) is 5.75 Å². The van der Waals surface area contributed by atoms with E-state index in [2.05, 4.69) is 29.0 Å². The molecule has 112 valence electrons. The Morgan fingerprint density at radius 1 is 1.45 bits per heavy atom. The van der Waals surface area contributed by atoms with Gasteiger partial charge in [-0.2, -0.15) is 0 Å². The van der Waals surface area contributed by atoms with Crippen molar-refractivity contribution in [3.05, 3.63) is 23.0 Å². The first-order chi connectivity index (χ1) is 9.65. The maximum atomic E-state index is 5.49. The van der Waals surface area contributed by atoms with E-state index in [0.717, 1.165) is 36.6 Å². The second-order valence-electron chi connectivity index (χ2n) is 5.68. The molecule has 0 aromatic carbocycles. The van der Waals surface area contributed by atoms with E-state index < -0.39 is 0 Å². The van der Waals surface area contributed by atoms with Crippen LogP contribution in [0.2, 0.25) is 0 Å². The Bertz CT molecular complexity index is 446. The predicted octanol–water partition coefficient (Wildman–Crippen LogP) is 2.28. The van der Waals surface area contributed by atoms with Crippen molar-refractivity contribution in [2.24, 2.45) is 0 Å². The van der Waals surface area contributed by atoms with Crippen LogP contribution in [0.25, 0.3) is 0 Å². The Hall–Kier alpha value is -1.13. The fourth-order valence-electron chi connectivity index (χ4n) is 3.10. The third kappa shape index (κ3) is 3.49. The highest BCUT2D eigenvalue weighted by atomic mass is 16.5. The number of likely N-dealkylation sites (N-methyl/N-ethyl adjacent to an activating group) is 1. The largest absolute Gasteiger partial charge is 0.496 e. The number of nitrogens with zero attached hydrogens (tertiary/aromatic N) is 2. The van der Waals surface area contributed by atoms with Crippen LogP contribution in [0.5, 0.6) is 5.75 Å². The highest BCUT2D eigenvalue weighted by Gasteiger charge is 2.20. The van der Waals surface area contributed by atoms with E-state index >= 15 is 0 Å². The van der Waals surface area contributed by atoms with E-state index in [4.69, 9.17) is 4.74 Å². The molecule has 0 saturated carbocycles. The molecule has 0 aliphatic carbocycles. The van der Waals surface area contributed by atoms with Gasteiger partial charge in [0.25, 0.3) is 0 Å². The molecule has 2 heterocycles. The van der Waals surface area contributed by atoms with Crippen molar-refractivity contribution in [1.29, 1.82) is 0 Å². The number of aromatic nitrogens is 1. The zero-order valence-corrected chi connectivity index (χ0v) is 13.2. The topological polar surface area (TPSA) is 37.4 Å². The van der Waals surface area contributed by atoms with Crippen molar-refractivity contribution >= 4 is 0 Å². The van der Waals surface area contributed by atoms with Crippen LogP contribution in [0.3, 0.4) is 0 Å². The van der Waals surface area contributed by atoms with Crippen molar-refractivity contribution < 1.29 is 4.74 Å². The van der Waals surface area contributed by atoms with E-state index in [9.17, 15) is 0 Å². The van der Waals surface area contributed by atoms with Gasteiger partial charge in [0.1, 0.15) is 5.75 Å². The molecule has 4 heteroatoms. The lowest BCUT2D eigenvalue weighted by Crippen LogP contribution is -2.45. The van der Waals surface area contributed by atoms with Gasteiger partial charge in [-0.05, 0) is 39.8 Å². The minimum absolute atomic E-state index is 0.626. The second kappa shape index (κ2) is 7.04. The van der Waals surface area contributed by atoms with Crippen LogP contribution in [-0.4, -0.2) is 42.7 Å². The quantitative estimate of drug-likeness (QED) is 0.896. The summed E-state index contributed by atoms with van der Waals surface area (Å²) in [5.74, 6) is 0.982. The minimum Gasteiger partial charge on any atom is -0.496 e. The number of hydrogen-bond acceptors (Lipinski definition) is 4. The fourth-order valence-corrected chi connectivity index (χ4v) is 3.10. The fraction of sp³-hybridized carbons (Fsp3) is 0.688. The maximum Gasteiger partial charge on any atom is 0.128 e. The van der Waals surface area contributed by atoms with Crippen molar-refractivity contribution in [1.82, 2.24) is 15.2 Å². The summed E-state index contributed by atoms with van der Waals surface area (Å²) in [6.07, 6.45) is 4.47. The molecule has 4 nitrogen and oxygen atoms in total. The Balaban J connectivity index is 2.06. The van der Waals surface area contributed by atoms with Gasteiger partial charge in [-0.25, -0.2) is 0 Å². The summed E-state index contributed by atoms with van der Waals surface area (Å²) in [6.45, 7) is 10.6. The van der Waals surface area contributed by atoms with Crippen LogP contribution < -0.4 is 10.1 Å². The van der Waals surface area contributed by atoms with E-state index in [1.807, 2.05) is 13.1 Å². The summed E-state index contributed by atoms with van der Waals surface area (Å²) in [5, 5.41) is 3.56. The average Bonchev–Trinajstić information content (AvgIpc) is 2.43. The molecule has 1 saturated heterocycles. The van der Waals surface area contributed by atoms with Gasteiger partial charge in [0, 0.05) is 36.5 Å². The number of methoxy groups -OCH3 is 1. The summed E-state index contributed by atoms with van der Waals surface area (Å²) in [6, 6.07) is 0.626. The van der Waals surface area contributed by atoms with E-state index in [1.165, 1.54) is 24.9 Å². The van der Waals surface area contributed by atoms with Gasteiger partial charge in [0.2, 0.25) is 0 Å². The SMILES string of the molecule is CCNC1CCCN(Cc2ncc(C)c(OC)c2C)C1. The summed E-state index contributed by atoms with van der Waals surface area (Å²) in [4.78, 5) is 7.11. The zero-order valence-electron chi connectivity index (χ0n) is 13.2. The van der Waals surface area contributed by atoms with Crippen LogP contribution >= 0.6 is 0 Å². The molecule has 1 aliphatic heterocycles. The summed E-state index contributed by atoms with van der Waals surface area (Å²) >= 11 is 0. The smallest absolute Gasteiger partial charge is 0.128 e. The Morgan fingerprint density at radius 3 is 2.95 bits per heavy atom. The summed E-state index contributed by atoms with van der Waals surface area (Å²) in [5.41, 5.74) is 3.43. The molecule has 2 rings (SSSR count). The van der Waals surface area contributed by atoms with Crippen LogP contribution in [0.15, 0.2) is 6.20 Å². The van der Waals surface area contributed by atoms with Gasteiger partial charge < -0.3 is 10.1 Å². The normalized spacial score (nSPS) is 20.1. The number of piperidine rings is 1. The van der Waals surface area contributed by atoms with Crippen molar-refractivity contribution in [3.63, 3.8) is 0 Å². The Labute approximate surface area is 122 Å². The monoisotopic (exact) mass is 277 g/mol. The Kier molecular flexibility index (Phi) is 5.38. The molecule has 1 unspecified atom stereocenters. The zero-order chi connectivity index (χ0) is 14.5. The minimum atomic E-state index is 0.626. The molecule has 1 N–H and O–H groups in total. The standard InChI is InChI=1S/C16H27N3O/c1-5-17-14-7-6-8-19(10-14)11-15-13(3)16(20-4)12(2)9-18-15/h9,14,17H,5-8,10-11H2,1-4H3. The van der Waals surface area contributed by atoms with Gasteiger partial charge in [0.05, 0.1) is 12.8 Å². The number of aryl methyl sites for hydroxylation is 1. The highest BCUT2D eigenvalue weighted by Crippen LogP contribution is 2.25. The molecule has 1 aliphatic rings. The van der Waals surface area contributed by atoms with E-state index in [-0.39, 0.29) is 0 Å². The molecule has 0 amide bonds. The average molecular weight is 277 g/mol. The molecule has 1 atom stereocenters. The molecule has 1 fully saturated rings. The second-order valence-corrected chi connectivity index (χ2v) is 5.68. The number of pyridine rings is 1. The van der Waals surface area contributed by atoms with Gasteiger partial charge >= 0.3 is 0 Å². The van der Waals surface area contributed by atoms with Crippen LogP contribution in [0, 0.1) is 13.8 Å².